The largest absolute Gasteiger partial charge is 0.309 e. The molecule has 0 bridgehead atoms. The standard InChI is InChI=1S/C47H26N4/c1-50-42-27-45(51-43-21-11-9-15-35(43)36-16-10-12-22-44(36)51)33(29-49)26-41(42)34-24-23-31(25-32(34)28-48)47-39-19-7-5-17-37(39)46(30-13-3-2-4-14-30)38-18-6-8-20-40(38)47/h2-27H. The zero-order valence-corrected chi connectivity index (χ0v) is 27.3. The number of benzene rings is 8. The van der Waals surface area contributed by atoms with E-state index in [4.69, 9.17) is 6.57 Å². The molecule has 4 heteroatoms. The van der Waals surface area contributed by atoms with E-state index in [0.29, 0.717) is 33.6 Å². The monoisotopic (exact) mass is 646 g/mol. The molecule has 1 aromatic heterocycles. The molecule has 0 amide bonds. The Kier molecular flexibility index (Phi) is 6.93. The minimum absolute atomic E-state index is 0.373. The van der Waals surface area contributed by atoms with Gasteiger partial charge in [-0.05, 0) is 85.3 Å². The summed E-state index contributed by atoms with van der Waals surface area (Å²) in [6, 6.07) is 57.8. The molecule has 1 heterocycles. The number of hydrogen-bond acceptors (Lipinski definition) is 2. The zero-order valence-electron chi connectivity index (χ0n) is 27.3. The summed E-state index contributed by atoms with van der Waals surface area (Å²) in [6.07, 6.45) is 0. The van der Waals surface area contributed by atoms with Crippen LogP contribution in [0.2, 0.25) is 0 Å². The van der Waals surface area contributed by atoms with Crippen LogP contribution < -0.4 is 0 Å². The molecule has 4 nitrogen and oxygen atoms in total. The summed E-state index contributed by atoms with van der Waals surface area (Å²) in [7, 11) is 0. The molecule has 0 unspecified atom stereocenters. The van der Waals surface area contributed by atoms with Gasteiger partial charge in [0.05, 0.1) is 40.5 Å². The van der Waals surface area contributed by atoms with Gasteiger partial charge in [0.25, 0.3) is 0 Å². The van der Waals surface area contributed by atoms with Crippen LogP contribution in [0.25, 0.3) is 87.3 Å². The fourth-order valence-electron chi connectivity index (χ4n) is 7.72. The van der Waals surface area contributed by atoms with Crippen LogP contribution in [0.1, 0.15) is 11.1 Å². The van der Waals surface area contributed by atoms with Gasteiger partial charge >= 0.3 is 0 Å². The third kappa shape index (κ3) is 4.58. The average molecular weight is 647 g/mol. The number of aromatic nitrogens is 1. The van der Waals surface area contributed by atoms with Gasteiger partial charge in [0.1, 0.15) is 6.07 Å². The SMILES string of the molecule is [C-]#[N+]c1cc(-n2c3ccccc3c3ccccc32)c(C#N)cc1-c1ccc(-c2c3ccccc3c(-c3ccccc3)c3ccccc23)cc1C#N. The molecule has 0 spiro atoms. The lowest BCUT2D eigenvalue weighted by atomic mass is 9.85. The van der Waals surface area contributed by atoms with Crippen molar-refractivity contribution in [1.82, 2.24) is 4.57 Å². The second-order valence-electron chi connectivity index (χ2n) is 12.6. The molecule has 0 fully saturated rings. The average Bonchev–Trinajstić information content (AvgIpc) is 3.53. The molecule has 9 rings (SSSR count). The van der Waals surface area contributed by atoms with Crippen LogP contribution in [-0.2, 0) is 0 Å². The van der Waals surface area contributed by atoms with E-state index in [1.165, 1.54) is 5.56 Å². The first kappa shape index (κ1) is 29.7. The second kappa shape index (κ2) is 11.9. The van der Waals surface area contributed by atoms with E-state index in [1.807, 2.05) is 60.7 Å². The van der Waals surface area contributed by atoms with Crippen LogP contribution in [0.3, 0.4) is 0 Å². The number of fused-ring (bicyclic) bond motifs is 5. The molecule has 0 N–H and O–H groups in total. The lowest BCUT2D eigenvalue weighted by molar-refractivity contribution is 1.17. The van der Waals surface area contributed by atoms with Crippen molar-refractivity contribution in [2.45, 2.75) is 0 Å². The highest BCUT2D eigenvalue weighted by atomic mass is 15.0. The first-order valence-electron chi connectivity index (χ1n) is 16.7. The van der Waals surface area contributed by atoms with Gasteiger partial charge in [0, 0.05) is 10.8 Å². The van der Waals surface area contributed by atoms with Crippen LogP contribution in [0.4, 0.5) is 5.69 Å². The van der Waals surface area contributed by atoms with Crippen molar-refractivity contribution in [2.24, 2.45) is 0 Å². The molecular formula is C47H26N4. The maximum absolute atomic E-state index is 10.6. The Bertz CT molecular complexity index is 2890. The van der Waals surface area contributed by atoms with Crippen LogP contribution in [0.5, 0.6) is 0 Å². The van der Waals surface area contributed by atoms with Gasteiger partial charge < -0.3 is 4.57 Å². The summed E-state index contributed by atoms with van der Waals surface area (Å²) in [4.78, 5) is 3.95. The first-order valence-corrected chi connectivity index (χ1v) is 16.7. The van der Waals surface area contributed by atoms with Gasteiger partial charge in [-0.25, -0.2) is 4.85 Å². The number of nitrogens with zero attached hydrogens (tertiary/aromatic N) is 4. The molecule has 234 valence electrons. The maximum atomic E-state index is 10.6. The van der Waals surface area contributed by atoms with Gasteiger partial charge in [-0.3, -0.25) is 0 Å². The smallest absolute Gasteiger partial charge is 0.197 e. The third-order valence-corrected chi connectivity index (χ3v) is 9.89. The Labute approximate surface area is 294 Å². The summed E-state index contributed by atoms with van der Waals surface area (Å²) >= 11 is 0. The molecule has 0 atom stereocenters. The molecule has 0 radical (unpaired) electrons. The van der Waals surface area contributed by atoms with Crippen molar-refractivity contribution >= 4 is 49.0 Å². The van der Waals surface area contributed by atoms with Crippen LogP contribution in [0.15, 0.2) is 158 Å². The molecular weight excluding hydrogens is 621 g/mol. The Morgan fingerprint density at radius 1 is 0.451 bits per heavy atom. The maximum Gasteiger partial charge on any atom is 0.197 e. The summed E-state index contributed by atoms with van der Waals surface area (Å²) in [5.41, 5.74) is 9.24. The lowest BCUT2D eigenvalue weighted by Crippen LogP contribution is -1.99. The minimum atomic E-state index is 0.373. The van der Waals surface area contributed by atoms with E-state index in [2.05, 4.69) is 106 Å². The summed E-state index contributed by atoms with van der Waals surface area (Å²) in [6.45, 7) is 8.24. The summed E-state index contributed by atoms with van der Waals surface area (Å²) in [5.74, 6) is 0. The number of hydrogen-bond donors (Lipinski definition) is 0. The van der Waals surface area contributed by atoms with Crippen molar-refractivity contribution < 1.29 is 0 Å². The zero-order chi connectivity index (χ0) is 34.5. The Morgan fingerprint density at radius 2 is 0.941 bits per heavy atom. The van der Waals surface area contributed by atoms with E-state index in [-0.39, 0.29) is 0 Å². The van der Waals surface area contributed by atoms with Crippen molar-refractivity contribution in [1.29, 1.82) is 10.5 Å². The Morgan fingerprint density at radius 3 is 1.47 bits per heavy atom. The molecule has 0 aliphatic rings. The van der Waals surface area contributed by atoms with E-state index < -0.39 is 0 Å². The van der Waals surface area contributed by atoms with Gasteiger partial charge in [-0.15, -0.1) is 0 Å². The van der Waals surface area contributed by atoms with Crippen molar-refractivity contribution in [3.05, 3.63) is 180 Å². The third-order valence-electron chi connectivity index (χ3n) is 9.89. The van der Waals surface area contributed by atoms with E-state index >= 15 is 0 Å². The molecule has 0 aliphatic carbocycles. The molecule has 8 aromatic carbocycles. The quantitative estimate of drug-likeness (QED) is 0.141. The molecule has 0 saturated heterocycles. The van der Waals surface area contributed by atoms with Crippen LogP contribution >= 0.6 is 0 Å². The van der Waals surface area contributed by atoms with Gasteiger partial charge in [0.2, 0.25) is 0 Å². The number of para-hydroxylation sites is 2. The molecule has 9 aromatic rings. The minimum Gasteiger partial charge on any atom is -0.309 e. The van der Waals surface area contributed by atoms with Gasteiger partial charge in [-0.2, -0.15) is 10.5 Å². The fourth-order valence-corrected chi connectivity index (χ4v) is 7.72. The number of rotatable bonds is 4. The second-order valence-corrected chi connectivity index (χ2v) is 12.6. The highest BCUT2D eigenvalue weighted by Crippen LogP contribution is 2.45. The normalized spacial score (nSPS) is 11.1. The van der Waals surface area contributed by atoms with Crippen LogP contribution in [0, 0.1) is 29.2 Å². The summed E-state index contributed by atoms with van der Waals surface area (Å²) in [5, 5.41) is 27.7. The predicted octanol–water partition coefficient (Wildman–Crippen LogP) is 12.4. The first-order chi connectivity index (χ1) is 25.2. The van der Waals surface area contributed by atoms with Crippen molar-refractivity contribution in [2.75, 3.05) is 0 Å². The van der Waals surface area contributed by atoms with Crippen molar-refractivity contribution in [3.8, 4) is 51.2 Å². The highest BCUT2D eigenvalue weighted by molar-refractivity contribution is 6.21. The van der Waals surface area contributed by atoms with E-state index in [0.717, 1.165) is 60.0 Å². The number of nitriles is 2. The van der Waals surface area contributed by atoms with Crippen LogP contribution in [-0.4, -0.2) is 4.57 Å². The topological polar surface area (TPSA) is 56.9 Å². The van der Waals surface area contributed by atoms with Crippen molar-refractivity contribution in [3.63, 3.8) is 0 Å². The molecule has 0 aliphatic heterocycles. The van der Waals surface area contributed by atoms with Gasteiger partial charge in [0.15, 0.2) is 5.69 Å². The van der Waals surface area contributed by atoms with Gasteiger partial charge in [-0.1, -0.05) is 127 Å². The Balaban J connectivity index is 1.26. The molecule has 51 heavy (non-hydrogen) atoms. The van der Waals surface area contributed by atoms with E-state index in [1.54, 1.807) is 12.1 Å². The van der Waals surface area contributed by atoms with E-state index in [9.17, 15) is 10.5 Å². The summed E-state index contributed by atoms with van der Waals surface area (Å²) < 4.78 is 2.06. The Hall–Kier alpha value is -7.45. The molecule has 0 saturated carbocycles. The highest BCUT2D eigenvalue weighted by Gasteiger charge is 2.21. The predicted molar refractivity (Wildman–Crippen MR) is 208 cm³/mol. The lowest BCUT2D eigenvalue weighted by Gasteiger charge is -2.18. The fraction of sp³-hybridized carbons (Fsp3) is 0.